The highest BCUT2D eigenvalue weighted by Gasteiger charge is 2.06. The van der Waals surface area contributed by atoms with E-state index in [1.807, 2.05) is 0 Å². The zero-order chi connectivity index (χ0) is 7.86. The van der Waals surface area contributed by atoms with Gasteiger partial charge < -0.3 is 5.11 Å². The summed E-state index contributed by atoms with van der Waals surface area (Å²) in [5.74, 6) is -0.981. The van der Waals surface area contributed by atoms with Crippen molar-refractivity contribution in [2.45, 2.75) is 0 Å². The molecule has 0 aromatic heterocycles. The number of halogens is 3. The van der Waals surface area contributed by atoms with Crippen molar-refractivity contribution in [3.63, 3.8) is 0 Å². The number of hydrogen-bond acceptors (Lipinski definition) is 1. The lowest BCUT2D eigenvalue weighted by molar-refractivity contribution is -0.131. The van der Waals surface area contributed by atoms with Gasteiger partial charge in [-0.05, 0) is 0 Å². The Morgan fingerprint density at radius 1 is 1.56 bits per heavy atom. The van der Waals surface area contributed by atoms with Crippen LogP contribution >= 0.6 is 0 Å². The number of carboxylic acid groups (broad SMARTS) is 1. The smallest absolute Gasteiger partial charge is 0.478 e. The molecule has 0 spiro atoms. The third kappa shape index (κ3) is 160. The van der Waals surface area contributed by atoms with Crippen LogP contribution in [0.4, 0.5) is 12.9 Å². The zero-order valence-corrected chi connectivity index (χ0v) is 4.35. The van der Waals surface area contributed by atoms with Crippen LogP contribution in [-0.2, 0) is 4.79 Å². The van der Waals surface area contributed by atoms with Crippen molar-refractivity contribution in [2.24, 2.45) is 0 Å². The Hall–Kier alpha value is -0.935. The summed E-state index contributed by atoms with van der Waals surface area (Å²) in [5, 5.41) is 7.60. The molecule has 0 aromatic rings. The highest BCUT2D eigenvalue weighted by molar-refractivity contribution is 6.33. The molecule has 52 valence electrons. The molecule has 0 aliphatic heterocycles. The molecule has 0 fully saturated rings. The molecule has 0 rings (SSSR count). The Morgan fingerprint density at radius 2 is 1.67 bits per heavy atom. The maximum atomic E-state index is 9.67. The lowest BCUT2D eigenvalue weighted by atomic mass is 10.5. The van der Waals surface area contributed by atoms with Gasteiger partial charge in [-0.2, -0.15) is 0 Å². The molecule has 0 unspecified atom stereocenters. The average molecular weight is 140 g/mol. The van der Waals surface area contributed by atoms with Gasteiger partial charge >= 0.3 is 13.5 Å². The van der Waals surface area contributed by atoms with E-state index in [1.165, 1.54) is 0 Å². The first-order valence-corrected chi connectivity index (χ1v) is 1.78. The molecule has 0 heterocycles. The van der Waals surface area contributed by atoms with Crippen molar-refractivity contribution in [3.05, 3.63) is 12.7 Å². The maximum absolute atomic E-state index is 9.67. The molecular weight excluding hydrogens is 136 g/mol. The number of carboxylic acids is 1. The molecule has 6 heteroatoms. The van der Waals surface area contributed by atoms with E-state index in [4.69, 9.17) is 5.11 Å². The first kappa shape index (κ1) is 10.9. The average Bonchev–Trinajstić information content (AvgIpc) is 1.65. The van der Waals surface area contributed by atoms with Gasteiger partial charge in [0.2, 0.25) is 0 Å². The minimum atomic E-state index is -3.67. The van der Waals surface area contributed by atoms with Crippen LogP contribution in [0.2, 0.25) is 0 Å². The molecule has 0 bridgehead atoms. The van der Waals surface area contributed by atoms with Crippen LogP contribution in [0.25, 0.3) is 0 Å². The lowest BCUT2D eigenvalue weighted by Gasteiger charge is -1.64. The first-order chi connectivity index (χ1) is 4.00. The minimum absolute atomic E-state index is 0.833. The monoisotopic (exact) mass is 140 g/mol. The predicted molar refractivity (Wildman–Crippen MR) is 26.9 cm³/mol. The van der Waals surface area contributed by atoms with E-state index in [0.29, 0.717) is 0 Å². The zero-order valence-electron chi connectivity index (χ0n) is 4.35. The van der Waals surface area contributed by atoms with Crippen LogP contribution in [0.3, 0.4) is 0 Å². The van der Waals surface area contributed by atoms with Gasteiger partial charge in [-0.25, -0.2) is 4.79 Å². The van der Waals surface area contributed by atoms with Crippen molar-refractivity contribution in [3.8, 4) is 0 Å². The molecular formula is C3H4BF3O2. The van der Waals surface area contributed by atoms with Crippen molar-refractivity contribution in [2.75, 3.05) is 0 Å². The lowest BCUT2D eigenvalue weighted by Crippen LogP contribution is -1.82. The summed E-state index contributed by atoms with van der Waals surface area (Å²) in [6.45, 7) is 2.96. The van der Waals surface area contributed by atoms with Crippen molar-refractivity contribution < 1.29 is 22.8 Å². The van der Waals surface area contributed by atoms with Gasteiger partial charge in [-0.3, -0.25) is 12.9 Å². The molecule has 0 amide bonds. The van der Waals surface area contributed by atoms with E-state index in [0.717, 1.165) is 6.08 Å². The SMILES string of the molecule is C=CC(=O)O.FB(F)F. The van der Waals surface area contributed by atoms with Gasteiger partial charge in [0, 0.05) is 6.08 Å². The number of rotatable bonds is 1. The Bertz CT molecular complexity index is 92.3. The van der Waals surface area contributed by atoms with Gasteiger partial charge in [0.1, 0.15) is 0 Å². The molecule has 0 saturated heterocycles. The highest BCUT2D eigenvalue weighted by Crippen LogP contribution is 1.80. The van der Waals surface area contributed by atoms with E-state index in [2.05, 4.69) is 6.58 Å². The molecule has 2 nitrogen and oxygen atoms in total. The molecule has 0 atom stereocenters. The van der Waals surface area contributed by atoms with Crippen LogP contribution in [0.1, 0.15) is 0 Å². The fourth-order valence-electron chi connectivity index (χ4n) is 0. The van der Waals surface area contributed by atoms with Crippen molar-refractivity contribution in [1.29, 1.82) is 0 Å². The van der Waals surface area contributed by atoms with E-state index in [1.54, 1.807) is 0 Å². The van der Waals surface area contributed by atoms with E-state index < -0.39 is 13.5 Å². The minimum Gasteiger partial charge on any atom is -0.478 e. The Balaban J connectivity index is 0. The van der Waals surface area contributed by atoms with Crippen LogP contribution in [0.15, 0.2) is 12.7 Å². The molecule has 9 heavy (non-hydrogen) atoms. The van der Waals surface area contributed by atoms with E-state index >= 15 is 0 Å². The number of carbonyl (C=O) groups is 1. The molecule has 0 aliphatic carbocycles. The second-order valence-electron chi connectivity index (χ2n) is 0.790. The second-order valence-corrected chi connectivity index (χ2v) is 0.790. The number of aliphatic carboxylic acids is 1. The Labute approximate surface area is 50.2 Å². The Morgan fingerprint density at radius 3 is 1.67 bits per heavy atom. The number of hydrogen-bond donors (Lipinski definition) is 1. The normalized spacial score (nSPS) is 6.56. The Kier molecular flexibility index (Phi) is 8.59. The summed E-state index contributed by atoms with van der Waals surface area (Å²) >= 11 is 0. The molecule has 0 saturated carbocycles. The highest BCUT2D eigenvalue weighted by atomic mass is 19.4. The van der Waals surface area contributed by atoms with Crippen molar-refractivity contribution in [1.82, 2.24) is 0 Å². The largest absolute Gasteiger partial charge is 0.762 e. The van der Waals surface area contributed by atoms with Gasteiger partial charge in [-0.1, -0.05) is 6.58 Å². The van der Waals surface area contributed by atoms with Gasteiger partial charge in [0.25, 0.3) is 0 Å². The molecule has 0 aromatic carbocycles. The molecule has 0 aliphatic rings. The summed E-state index contributed by atoms with van der Waals surface area (Å²) in [4.78, 5) is 9.25. The fourth-order valence-corrected chi connectivity index (χ4v) is 0. The third-order valence-electron chi connectivity index (χ3n) is 0.175. The fraction of sp³-hybridized carbons (Fsp3) is 0. The van der Waals surface area contributed by atoms with Crippen LogP contribution < -0.4 is 0 Å². The van der Waals surface area contributed by atoms with Crippen LogP contribution in [-0.4, -0.2) is 18.6 Å². The van der Waals surface area contributed by atoms with Gasteiger partial charge in [0.15, 0.2) is 0 Å². The van der Waals surface area contributed by atoms with Gasteiger partial charge in [0.05, 0.1) is 0 Å². The predicted octanol–water partition coefficient (Wildman–Crippen LogP) is 1.14. The maximum Gasteiger partial charge on any atom is 0.762 e. The third-order valence-corrected chi connectivity index (χ3v) is 0.175. The van der Waals surface area contributed by atoms with E-state index in [-0.39, 0.29) is 0 Å². The van der Waals surface area contributed by atoms with E-state index in [9.17, 15) is 17.7 Å². The summed E-state index contributed by atoms with van der Waals surface area (Å²) in [7, 11) is -3.67. The van der Waals surface area contributed by atoms with Crippen LogP contribution in [0, 0.1) is 0 Å². The second kappa shape index (κ2) is 7.06. The topological polar surface area (TPSA) is 37.3 Å². The molecule has 1 N–H and O–H groups in total. The summed E-state index contributed by atoms with van der Waals surface area (Å²) in [5.41, 5.74) is 0. The van der Waals surface area contributed by atoms with Gasteiger partial charge in [-0.15, -0.1) is 0 Å². The van der Waals surface area contributed by atoms with Crippen molar-refractivity contribution >= 4 is 13.5 Å². The van der Waals surface area contributed by atoms with Crippen LogP contribution in [0.5, 0.6) is 0 Å². The first-order valence-electron chi connectivity index (χ1n) is 1.78. The molecule has 0 radical (unpaired) electrons. The quantitative estimate of drug-likeness (QED) is 0.437. The summed E-state index contributed by atoms with van der Waals surface area (Å²) < 4.78 is 29.0. The summed E-state index contributed by atoms with van der Waals surface area (Å²) in [6.07, 6.45) is 0.833. The standard InChI is InChI=1S/C3H4O2.BF3/c1-2-3(4)5;2-1(3)4/h2H,1H2,(H,4,5);. The summed E-state index contributed by atoms with van der Waals surface area (Å²) in [6, 6.07) is 0.